The summed E-state index contributed by atoms with van der Waals surface area (Å²) in [7, 11) is 0. The maximum atomic E-state index is 11.7. The Morgan fingerprint density at radius 1 is 1.54 bits per heavy atom. The number of hydrogen-bond donors (Lipinski definition) is 2. The van der Waals surface area contributed by atoms with Crippen LogP contribution in [0.1, 0.15) is 19.8 Å². The summed E-state index contributed by atoms with van der Waals surface area (Å²) >= 11 is 0. The second-order valence-corrected chi connectivity index (χ2v) is 3.44. The molecule has 76 valence electrons. The third kappa shape index (κ3) is 2.97. The second kappa shape index (κ2) is 5.19. The minimum Gasteiger partial charge on any atom is -0.340 e. The van der Waals surface area contributed by atoms with E-state index in [1.807, 2.05) is 11.8 Å². The van der Waals surface area contributed by atoms with Crippen LogP contribution in [0.4, 0.5) is 0 Å². The van der Waals surface area contributed by atoms with Crippen LogP contribution in [-0.2, 0) is 4.79 Å². The topological polar surface area (TPSA) is 58.4 Å². The van der Waals surface area contributed by atoms with Crippen molar-refractivity contribution in [2.75, 3.05) is 26.2 Å². The van der Waals surface area contributed by atoms with E-state index < -0.39 is 0 Å². The number of nitrogens with zero attached hydrogens (tertiary/aromatic N) is 1. The van der Waals surface area contributed by atoms with Gasteiger partial charge in [0, 0.05) is 19.6 Å². The molecule has 0 spiro atoms. The van der Waals surface area contributed by atoms with E-state index in [0.717, 1.165) is 39.0 Å². The van der Waals surface area contributed by atoms with Crippen LogP contribution < -0.4 is 11.1 Å². The molecule has 0 aromatic heterocycles. The summed E-state index contributed by atoms with van der Waals surface area (Å²) in [5, 5.41) is 3.25. The highest BCUT2D eigenvalue weighted by molar-refractivity contribution is 5.81. The van der Waals surface area contributed by atoms with Gasteiger partial charge in [0.2, 0.25) is 5.91 Å². The standard InChI is InChI=1S/C9H19N3O/c1-2-8(10)9(13)12-6-3-4-11-5-7-12/h8,11H,2-7,10H2,1H3. The van der Waals surface area contributed by atoms with Crippen molar-refractivity contribution in [3.8, 4) is 0 Å². The van der Waals surface area contributed by atoms with Gasteiger partial charge in [-0.25, -0.2) is 0 Å². The third-order valence-corrected chi connectivity index (χ3v) is 2.41. The van der Waals surface area contributed by atoms with Crippen LogP contribution in [0.5, 0.6) is 0 Å². The lowest BCUT2D eigenvalue weighted by atomic mass is 10.2. The van der Waals surface area contributed by atoms with Gasteiger partial charge in [0.15, 0.2) is 0 Å². The molecule has 4 nitrogen and oxygen atoms in total. The largest absolute Gasteiger partial charge is 0.340 e. The SMILES string of the molecule is CCC(N)C(=O)N1CCCNCC1. The Labute approximate surface area is 79.5 Å². The van der Waals surface area contributed by atoms with E-state index in [1.54, 1.807) is 0 Å². The number of nitrogens with two attached hydrogens (primary N) is 1. The highest BCUT2D eigenvalue weighted by Crippen LogP contribution is 2.00. The minimum absolute atomic E-state index is 0.103. The van der Waals surface area contributed by atoms with Crippen molar-refractivity contribution in [3.63, 3.8) is 0 Å². The first-order valence-electron chi connectivity index (χ1n) is 5.00. The summed E-state index contributed by atoms with van der Waals surface area (Å²) in [6, 6.07) is -0.307. The fraction of sp³-hybridized carbons (Fsp3) is 0.889. The summed E-state index contributed by atoms with van der Waals surface area (Å²) in [5.41, 5.74) is 5.69. The molecule has 1 aliphatic heterocycles. The van der Waals surface area contributed by atoms with Gasteiger partial charge in [-0.2, -0.15) is 0 Å². The highest BCUT2D eigenvalue weighted by atomic mass is 16.2. The van der Waals surface area contributed by atoms with Crippen molar-refractivity contribution in [3.05, 3.63) is 0 Å². The Bertz CT molecular complexity index is 164. The Morgan fingerprint density at radius 2 is 2.31 bits per heavy atom. The molecule has 4 heteroatoms. The van der Waals surface area contributed by atoms with E-state index in [4.69, 9.17) is 5.73 Å². The molecule has 0 radical (unpaired) electrons. The summed E-state index contributed by atoms with van der Waals surface area (Å²) in [6.07, 6.45) is 1.75. The summed E-state index contributed by atoms with van der Waals surface area (Å²) in [5.74, 6) is 0.103. The molecule has 0 bridgehead atoms. The Hall–Kier alpha value is -0.610. The first kappa shape index (κ1) is 10.5. The third-order valence-electron chi connectivity index (χ3n) is 2.41. The first-order valence-corrected chi connectivity index (χ1v) is 5.00. The Balaban J connectivity index is 2.43. The van der Waals surface area contributed by atoms with E-state index in [0.29, 0.717) is 0 Å². The van der Waals surface area contributed by atoms with Gasteiger partial charge in [-0.15, -0.1) is 0 Å². The predicted molar refractivity (Wildman–Crippen MR) is 52.3 cm³/mol. The van der Waals surface area contributed by atoms with Gasteiger partial charge in [-0.05, 0) is 19.4 Å². The number of carbonyl (C=O) groups excluding carboxylic acids is 1. The van der Waals surface area contributed by atoms with Crippen molar-refractivity contribution in [1.29, 1.82) is 0 Å². The molecule has 0 saturated carbocycles. The van der Waals surface area contributed by atoms with E-state index in [9.17, 15) is 4.79 Å². The van der Waals surface area contributed by atoms with Crippen molar-refractivity contribution < 1.29 is 4.79 Å². The van der Waals surface area contributed by atoms with Gasteiger partial charge in [0.1, 0.15) is 0 Å². The minimum atomic E-state index is -0.307. The molecular weight excluding hydrogens is 166 g/mol. The van der Waals surface area contributed by atoms with E-state index >= 15 is 0 Å². The van der Waals surface area contributed by atoms with E-state index in [1.165, 1.54) is 0 Å². The molecule has 1 heterocycles. The van der Waals surface area contributed by atoms with Crippen LogP contribution in [-0.4, -0.2) is 43.0 Å². The summed E-state index contributed by atoms with van der Waals surface area (Å²) < 4.78 is 0. The van der Waals surface area contributed by atoms with Crippen LogP contribution in [0, 0.1) is 0 Å². The number of hydrogen-bond acceptors (Lipinski definition) is 3. The van der Waals surface area contributed by atoms with Gasteiger partial charge >= 0.3 is 0 Å². The monoisotopic (exact) mass is 185 g/mol. The maximum absolute atomic E-state index is 11.7. The van der Waals surface area contributed by atoms with Gasteiger partial charge < -0.3 is 16.0 Å². The average Bonchev–Trinajstić information content (AvgIpc) is 2.43. The molecule has 0 aromatic carbocycles. The van der Waals surface area contributed by atoms with Crippen molar-refractivity contribution >= 4 is 5.91 Å². The normalized spacial score (nSPS) is 20.9. The fourth-order valence-corrected chi connectivity index (χ4v) is 1.48. The molecule has 1 amide bonds. The fourth-order valence-electron chi connectivity index (χ4n) is 1.48. The zero-order valence-electron chi connectivity index (χ0n) is 8.25. The Kier molecular flexibility index (Phi) is 4.18. The van der Waals surface area contributed by atoms with Crippen LogP contribution >= 0.6 is 0 Å². The Morgan fingerprint density at radius 3 is 3.00 bits per heavy atom. The van der Waals surface area contributed by atoms with Crippen LogP contribution in [0.3, 0.4) is 0 Å². The lowest BCUT2D eigenvalue weighted by Gasteiger charge is -2.22. The highest BCUT2D eigenvalue weighted by Gasteiger charge is 2.19. The van der Waals surface area contributed by atoms with E-state index in [2.05, 4.69) is 5.32 Å². The van der Waals surface area contributed by atoms with Gasteiger partial charge in [-0.3, -0.25) is 4.79 Å². The molecule has 3 N–H and O–H groups in total. The predicted octanol–water partition coefficient (Wildman–Crippen LogP) is -0.454. The van der Waals surface area contributed by atoms with Crippen LogP contribution in [0.25, 0.3) is 0 Å². The molecule has 0 aliphatic carbocycles. The molecule has 1 fully saturated rings. The lowest BCUT2D eigenvalue weighted by molar-refractivity contribution is -0.132. The van der Waals surface area contributed by atoms with Crippen molar-refractivity contribution in [2.24, 2.45) is 5.73 Å². The molecular formula is C9H19N3O. The number of carbonyl (C=O) groups is 1. The van der Waals surface area contributed by atoms with Crippen molar-refractivity contribution in [2.45, 2.75) is 25.8 Å². The molecule has 1 atom stereocenters. The van der Waals surface area contributed by atoms with Gasteiger partial charge in [0.05, 0.1) is 6.04 Å². The molecule has 0 aromatic rings. The summed E-state index contributed by atoms with van der Waals surface area (Å²) in [4.78, 5) is 13.5. The molecule has 1 rings (SSSR count). The van der Waals surface area contributed by atoms with Crippen molar-refractivity contribution in [1.82, 2.24) is 10.2 Å². The quantitative estimate of drug-likeness (QED) is 0.612. The van der Waals surface area contributed by atoms with Gasteiger partial charge in [0.25, 0.3) is 0 Å². The maximum Gasteiger partial charge on any atom is 0.239 e. The number of nitrogens with one attached hydrogen (secondary N) is 1. The van der Waals surface area contributed by atoms with Crippen LogP contribution in [0.15, 0.2) is 0 Å². The smallest absolute Gasteiger partial charge is 0.239 e. The van der Waals surface area contributed by atoms with Crippen LogP contribution in [0.2, 0.25) is 0 Å². The molecule has 1 unspecified atom stereocenters. The molecule has 13 heavy (non-hydrogen) atoms. The lowest BCUT2D eigenvalue weighted by Crippen LogP contribution is -2.44. The molecule has 1 aliphatic rings. The second-order valence-electron chi connectivity index (χ2n) is 3.44. The number of rotatable bonds is 2. The zero-order valence-corrected chi connectivity index (χ0v) is 8.25. The molecule has 1 saturated heterocycles. The first-order chi connectivity index (χ1) is 6.25. The zero-order chi connectivity index (χ0) is 9.68. The summed E-state index contributed by atoms with van der Waals surface area (Å²) in [6.45, 7) is 5.48. The number of amides is 1. The average molecular weight is 185 g/mol. The van der Waals surface area contributed by atoms with E-state index in [-0.39, 0.29) is 11.9 Å². The van der Waals surface area contributed by atoms with Gasteiger partial charge in [-0.1, -0.05) is 6.92 Å².